The van der Waals surface area contributed by atoms with Gasteiger partial charge in [-0.25, -0.2) is 4.98 Å². The minimum absolute atomic E-state index is 0.0103. The van der Waals surface area contributed by atoms with E-state index in [1.165, 1.54) is 0 Å². The first-order valence-electron chi connectivity index (χ1n) is 6.82. The maximum atomic E-state index is 12.5. The van der Waals surface area contributed by atoms with Crippen molar-refractivity contribution in [3.05, 3.63) is 40.4 Å². The lowest BCUT2D eigenvalue weighted by molar-refractivity contribution is 0.386. The molecule has 0 N–H and O–H groups in total. The summed E-state index contributed by atoms with van der Waals surface area (Å²) >= 11 is 5.94. The Bertz CT molecular complexity index is 637. The molecule has 0 saturated heterocycles. The SMILES string of the molecule is CN(C)CCCCn1c(CCl)nc2ccccc2c1=O. The molecule has 1 aromatic heterocycles. The van der Waals surface area contributed by atoms with Gasteiger partial charge < -0.3 is 4.90 Å². The average molecular weight is 294 g/mol. The standard InChI is InChI=1S/C15H20ClN3O/c1-18(2)9-5-6-10-19-14(11-16)17-13-8-4-3-7-12(13)15(19)20/h3-4,7-8H,5-6,9-11H2,1-2H3. The fourth-order valence-corrected chi connectivity index (χ4v) is 2.45. The molecule has 0 atom stereocenters. The first-order valence-corrected chi connectivity index (χ1v) is 7.36. The van der Waals surface area contributed by atoms with Crippen molar-refractivity contribution in [3.8, 4) is 0 Å². The maximum absolute atomic E-state index is 12.5. The van der Waals surface area contributed by atoms with E-state index in [4.69, 9.17) is 11.6 Å². The molecule has 1 aromatic carbocycles. The summed E-state index contributed by atoms with van der Waals surface area (Å²) < 4.78 is 1.71. The minimum atomic E-state index is 0.0103. The Balaban J connectivity index is 2.27. The Labute approximate surface area is 124 Å². The van der Waals surface area contributed by atoms with Crippen LogP contribution >= 0.6 is 11.6 Å². The third kappa shape index (κ3) is 3.38. The predicted molar refractivity (Wildman–Crippen MR) is 83.3 cm³/mol. The summed E-state index contributed by atoms with van der Waals surface area (Å²) in [5, 5.41) is 0.661. The van der Waals surface area contributed by atoms with Gasteiger partial charge in [0.25, 0.3) is 5.56 Å². The number of unbranched alkanes of at least 4 members (excludes halogenated alkanes) is 1. The fraction of sp³-hybridized carbons (Fsp3) is 0.467. The molecule has 2 aromatic rings. The normalized spacial score (nSPS) is 11.4. The summed E-state index contributed by atoms with van der Waals surface area (Å²) in [6, 6.07) is 7.42. The van der Waals surface area contributed by atoms with E-state index in [0.717, 1.165) is 24.9 Å². The van der Waals surface area contributed by atoms with Crippen molar-refractivity contribution in [3.63, 3.8) is 0 Å². The molecule has 2 rings (SSSR count). The van der Waals surface area contributed by atoms with Crippen molar-refractivity contribution >= 4 is 22.5 Å². The van der Waals surface area contributed by atoms with Crippen LogP contribution in [0.4, 0.5) is 0 Å². The number of hydrogen-bond donors (Lipinski definition) is 0. The van der Waals surface area contributed by atoms with Crippen LogP contribution in [0.5, 0.6) is 0 Å². The Hall–Kier alpha value is -1.39. The minimum Gasteiger partial charge on any atom is -0.309 e. The molecule has 0 fully saturated rings. The molecule has 0 amide bonds. The monoisotopic (exact) mass is 293 g/mol. The zero-order chi connectivity index (χ0) is 14.5. The molecule has 0 radical (unpaired) electrons. The number of fused-ring (bicyclic) bond motifs is 1. The maximum Gasteiger partial charge on any atom is 0.261 e. The summed E-state index contributed by atoms with van der Waals surface area (Å²) in [5.41, 5.74) is 0.730. The lowest BCUT2D eigenvalue weighted by Crippen LogP contribution is -2.25. The number of para-hydroxylation sites is 1. The lowest BCUT2D eigenvalue weighted by atomic mass is 10.2. The number of hydrogen-bond acceptors (Lipinski definition) is 3. The molecule has 0 spiro atoms. The Morgan fingerprint density at radius 2 is 2.00 bits per heavy atom. The molecular formula is C15H20ClN3O. The number of halogens is 1. The highest BCUT2D eigenvalue weighted by molar-refractivity contribution is 6.16. The van der Waals surface area contributed by atoms with Gasteiger partial charge >= 0.3 is 0 Å². The summed E-state index contributed by atoms with van der Waals surface area (Å²) in [6.07, 6.45) is 2.00. The Morgan fingerprint density at radius 1 is 1.25 bits per heavy atom. The molecule has 0 unspecified atom stereocenters. The summed E-state index contributed by atoms with van der Waals surface area (Å²) in [6.45, 7) is 1.69. The van der Waals surface area contributed by atoms with Gasteiger partial charge in [-0.2, -0.15) is 0 Å². The Kier molecular flexibility index (Phi) is 5.15. The van der Waals surface area contributed by atoms with Crippen molar-refractivity contribution < 1.29 is 0 Å². The van der Waals surface area contributed by atoms with Gasteiger partial charge in [0.15, 0.2) is 0 Å². The van der Waals surface area contributed by atoms with Crippen molar-refractivity contribution in [2.45, 2.75) is 25.3 Å². The van der Waals surface area contributed by atoms with Crippen LogP contribution in [0.2, 0.25) is 0 Å². The van der Waals surface area contributed by atoms with Crippen LogP contribution in [-0.4, -0.2) is 35.1 Å². The number of rotatable bonds is 6. The molecule has 4 nitrogen and oxygen atoms in total. The molecule has 0 aliphatic rings. The number of alkyl halides is 1. The second-order valence-electron chi connectivity index (χ2n) is 5.15. The van der Waals surface area contributed by atoms with E-state index in [1.54, 1.807) is 4.57 Å². The quantitative estimate of drug-likeness (QED) is 0.607. The van der Waals surface area contributed by atoms with Gasteiger partial charge in [0.05, 0.1) is 16.8 Å². The summed E-state index contributed by atoms with van der Waals surface area (Å²) in [7, 11) is 4.10. The van der Waals surface area contributed by atoms with Gasteiger partial charge in [-0.3, -0.25) is 9.36 Å². The third-order valence-electron chi connectivity index (χ3n) is 3.30. The van der Waals surface area contributed by atoms with E-state index >= 15 is 0 Å². The van der Waals surface area contributed by atoms with E-state index < -0.39 is 0 Å². The van der Waals surface area contributed by atoms with Gasteiger partial charge in [0, 0.05) is 6.54 Å². The van der Waals surface area contributed by atoms with Crippen molar-refractivity contribution in [1.29, 1.82) is 0 Å². The van der Waals surface area contributed by atoms with Crippen LogP contribution in [-0.2, 0) is 12.4 Å². The summed E-state index contributed by atoms with van der Waals surface area (Å²) in [5.74, 6) is 0.911. The molecule has 0 bridgehead atoms. The second-order valence-corrected chi connectivity index (χ2v) is 5.41. The van der Waals surface area contributed by atoms with Gasteiger partial charge in [0.2, 0.25) is 0 Å². The molecule has 20 heavy (non-hydrogen) atoms. The molecular weight excluding hydrogens is 274 g/mol. The van der Waals surface area contributed by atoms with E-state index in [1.807, 2.05) is 38.4 Å². The highest BCUT2D eigenvalue weighted by atomic mass is 35.5. The highest BCUT2D eigenvalue weighted by Crippen LogP contribution is 2.10. The molecule has 5 heteroatoms. The topological polar surface area (TPSA) is 38.1 Å². The zero-order valence-electron chi connectivity index (χ0n) is 12.0. The number of benzene rings is 1. The van der Waals surface area contributed by atoms with Crippen LogP contribution < -0.4 is 5.56 Å². The van der Waals surface area contributed by atoms with E-state index in [2.05, 4.69) is 9.88 Å². The van der Waals surface area contributed by atoms with E-state index in [-0.39, 0.29) is 11.4 Å². The van der Waals surface area contributed by atoms with E-state index in [0.29, 0.717) is 17.8 Å². The second kappa shape index (κ2) is 6.86. The Morgan fingerprint density at radius 3 is 2.70 bits per heavy atom. The van der Waals surface area contributed by atoms with Gasteiger partial charge in [-0.05, 0) is 45.6 Å². The highest BCUT2D eigenvalue weighted by Gasteiger charge is 2.09. The van der Waals surface area contributed by atoms with Crippen molar-refractivity contribution in [2.75, 3.05) is 20.6 Å². The van der Waals surface area contributed by atoms with Crippen LogP contribution in [0.1, 0.15) is 18.7 Å². The first-order chi connectivity index (χ1) is 9.63. The number of nitrogens with zero attached hydrogens (tertiary/aromatic N) is 3. The van der Waals surface area contributed by atoms with Crippen LogP contribution in [0, 0.1) is 0 Å². The molecule has 0 saturated carbocycles. The zero-order valence-corrected chi connectivity index (χ0v) is 12.7. The predicted octanol–water partition coefficient (Wildman–Crippen LogP) is 2.48. The van der Waals surface area contributed by atoms with Gasteiger partial charge in [0.1, 0.15) is 5.82 Å². The van der Waals surface area contributed by atoms with Gasteiger partial charge in [-0.15, -0.1) is 11.6 Å². The van der Waals surface area contributed by atoms with Crippen LogP contribution in [0.25, 0.3) is 10.9 Å². The molecule has 108 valence electrons. The van der Waals surface area contributed by atoms with Crippen LogP contribution in [0.15, 0.2) is 29.1 Å². The number of aromatic nitrogens is 2. The van der Waals surface area contributed by atoms with Gasteiger partial charge in [-0.1, -0.05) is 12.1 Å². The van der Waals surface area contributed by atoms with E-state index in [9.17, 15) is 4.79 Å². The van der Waals surface area contributed by atoms with Crippen molar-refractivity contribution in [1.82, 2.24) is 14.5 Å². The van der Waals surface area contributed by atoms with Crippen molar-refractivity contribution in [2.24, 2.45) is 0 Å². The largest absolute Gasteiger partial charge is 0.309 e. The first kappa shape index (κ1) is 15.0. The smallest absolute Gasteiger partial charge is 0.261 e. The lowest BCUT2D eigenvalue weighted by Gasteiger charge is -2.13. The average Bonchev–Trinajstić information content (AvgIpc) is 2.45. The third-order valence-corrected chi connectivity index (χ3v) is 3.54. The molecule has 0 aliphatic carbocycles. The van der Waals surface area contributed by atoms with Crippen LogP contribution in [0.3, 0.4) is 0 Å². The summed E-state index contributed by atoms with van der Waals surface area (Å²) in [4.78, 5) is 19.1. The fourth-order valence-electron chi connectivity index (χ4n) is 2.24. The molecule has 1 heterocycles. The molecule has 0 aliphatic heterocycles.